The first-order valence-corrected chi connectivity index (χ1v) is 23.2. The predicted octanol–water partition coefficient (Wildman–Crippen LogP) is 13.2. The molecule has 0 aromatic heterocycles. The van der Waals surface area contributed by atoms with Crippen LogP contribution in [0, 0.1) is 11.8 Å². The average Bonchev–Trinajstić information content (AvgIpc) is 3.15. The van der Waals surface area contributed by atoms with Gasteiger partial charge in [-0.1, -0.05) is 175 Å². The Hall–Kier alpha value is -1.14. The molecule has 0 aliphatic heterocycles. The van der Waals surface area contributed by atoms with E-state index in [1.54, 1.807) is 0 Å². The van der Waals surface area contributed by atoms with Crippen molar-refractivity contribution >= 4 is 11.9 Å². The molecule has 2 atom stereocenters. The van der Waals surface area contributed by atoms with Crippen LogP contribution in [0.1, 0.15) is 233 Å². The molecule has 0 saturated carbocycles. The van der Waals surface area contributed by atoms with Gasteiger partial charge in [-0.25, -0.2) is 0 Å². The fourth-order valence-electron chi connectivity index (χ4n) is 7.35. The number of aliphatic hydroxyl groups is 1. The summed E-state index contributed by atoms with van der Waals surface area (Å²) >= 11 is 0. The van der Waals surface area contributed by atoms with Crippen LogP contribution < -0.4 is 0 Å². The van der Waals surface area contributed by atoms with Crippen molar-refractivity contribution in [2.45, 2.75) is 233 Å². The van der Waals surface area contributed by atoms with E-state index in [1.165, 1.54) is 96.3 Å². The highest BCUT2D eigenvalue weighted by atomic mass is 16.5. The van der Waals surface area contributed by atoms with Gasteiger partial charge in [0, 0.05) is 13.2 Å². The van der Waals surface area contributed by atoms with Gasteiger partial charge in [-0.2, -0.15) is 0 Å². The van der Waals surface area contributed by atoms with Gasteiger partial charge in [-0.3, -0.25) is 9.59 Å². The van der Waals surface area contributed by atoms with Crippen LogP contribution in [0.5, 0.6) is 0 Å². The molecule has 0 fully saturated rings. The zero-order chi connectivity index (χ0) is 38.2. The second-order valence-corrected chi connectivity index (χ2v) is 15.9. The second-order valence-electron chi connectivity index (χ2n) is 15.9. The van der Waals surface area contributed by atoms with Crippen LogP contribution in [0.4, 0.5) is 0 Å². The highest BCUT2D eigenvalue weighted by Gasteiger charge is 2.20. The maximum Gasteiger partial charge on any atom is 0.308 e. The van der Waals surface area contributed by atoms with E-state index >= 15 is 0 Å². The lowest BCUT2D eigenvalue weighted by Crippen LogP contribution is -2.28. The molecule has 0 aromatic rings. The van der Waals surface area contributed by atoms with Crippen LogP contribution in [-0.2, 0) is 19.1 Å². The van der Waals surface area contributed by atoms with Gasteiger partial charge in [0.25, 0.3) is 0 Å². The molecule has 0 aromatic carbocycles. The van der Waals surface area contributed by atoms with Crippen molar-refractivity contribution in [1.82, 2.24) is 4.90 Å². The standard InChI is InChI=1S/C46H91NO5/c1-5-9-13-17-19-27-36-44(34-25-16-12-8-4)46(50)52-42-31-23-21-29-38-47(39-32-40-48)37-28-20-22-30-41-51-45(49)43(33-24-15-11-7-3)35-26-18-14-10-6-2/h43-44,48H,5-42H2,1-4H3. The molecule has 0 aliphatic carbocycles. The third-order valence-corrected chi connectivity index (χ3v) is 10.9. The summed E-state index contributed by atoms with van der Waals surface area (Å²) in [6.07, 6.45) is 37.0. The number of hydrogen-bond acceptors (Lipinski definition) is 6. The van der Waals surface area contributed by atoms with Crippen molar-refractivity contribution < 1.29 is 24.2 Å². The molecule has 0 heterocycles. The number of hydrogen-bond donors (Lipinski definition) is 1. The van der Waals surface area contributed by atoms with E-state index in [1.807, 2.05) is 0 Å². The number of carbonyl (C=O) groups is 2. The molecule has 0 amide bonds. The molecule has 0 radical (unpaired) electrons. The van der Waals surface area contributed by atoms with E-state index < -0.39 is 0 Å². The molecule has 52 heavy (non-hydrogen) atoms. The van der Waals surface area contributed by atoms with E-state index in [2.05, 4.69) is 32.6 Å². The van der Waals surface area contributed by atoms with Gasteiger partial charge in [0.2, 0.25) is 0 Å². The summed E-state index contributed by atoms with van der Waals surface area (Å²) in [5.74, 6) is 0.274. The van der Waals surface area contributed by atoms with Gasteiger partial charge in [0.1, 0.15) is 0 Å². The van der Waals surface area contributed by atoms with Gasteiger partial charge in [-0.15, -0.1) is 0 Å². The Morgan fingerprint density at radius 1 is 0.404 bits per heavy atom. The predicted molar refractivity (Wildman–Crippen MR) is 223 cm³/mol. The molecule has 0 aliphatic rings. The summed E-state index contributed by atoms with van der Waals surface area (Å²) < 4.78 is 11.6. The summed E-state index contributed by atoms with van der Waals surface area (Å²) in [4.78, 5) is 28.3. The van der Waals surface area contributed by atoms with E-state index in [0.29, 0.717) is 13.2 Å². The fourth-order valence-corrected chi connectivity index (χ4v) is 7.35. The lowest BCUT2D eigenvalue weighted by molar-refractivity contribution is -0.150. The summed E-state index contributed by atoms with van der Waals surface area (Å²) in [6.45, 7) is 13.4. The van der Waals surface area contributed by atoms with Crippen molar-refractivity contribution in [2.24, 2.45) is 11.8 Å². The van der Waals surface area contributed by atoms with Crippen molar-refractivity contribution in [3.63, 3.8) is 0 Å². The summed E-state index contributed by atoms with van der Waals surface area (Å²) in [5, 5.41) is 9.43. The third-order valence-electron chi connectivity index (χ3n) is 10.9. The molecule has 1 N–H and O–H groups in total. The molecule has 310 valence electrons. The summed E-state index contributed by atoms with van der Waals surface area (Å²) in [6, 6.07) is 0. The quantitative estimate of drug-likeness (QED) is 0.0496. The maximum atomic E-state index is 12.9. The molecule has 6 nitrogen and oxygen atoms in total. The molecule has 0 bridgehead atoms. The fraction of sp³-hybridized carbons (Fsp3) is 0.957. The van der Waals surface area contributed by atoms with Crippen LogP contribution in [-0.4, -0.2) is 61.4 Å². The maximum absolute atomic E-state index is 12.9. The van der Waals surface area contributed by atoms with Crippen molar-refractivity contribution in [3.05, 3.63) is 0 Å². The topological polar surface area (TPSA) is 76.1 Å². The minimum absolute atomic E-state index is 0.0471. The highest BCUT2D eigenvalue weighted by Crippen LogP contribution is 2.22. The molecule has 0 spiro atoms. The Morgan fingerprint density at radius 3 is 1.06 bits per heavy atom. The van der Waals surface area contributed by atoms with Crippen molar-refractivity contribution in [1.29, 1.82) is 0 Å². The van der Waals surface area contributed by atoms with Gasteiger partial charge >= 0.3 is 11.9 Å². The minimum Gasteiger partial charge on any atom is -0.465 e. The summed E-state index contributed by atoms with van der Waals surface area (Å²) in [7, 11) is 0. The number of ether oxygens (including phenoxy) is 2. The number of nitrogens with zero attached hydrogens (tertiary/aromatic N) is 1. The van der Waals surface area contributed by atoms with Crippen molar-refractivity contribution in [3.8, 4) is 0 Å². The van der Waals surface area contributed by atoms with Crippen molar-refractivity contribution in [2.75, 3.05) is 39.5 Å². The number of rotatable bonds is 42. The van der Waals surface area contributed by atoms with Gasteiger partial charge in [0.05, 0.1) is 25.0 Å². The van der Waals surface area contributed by atoms with Crippen LogP contribution in [0.25, 0.3) is 0 Å². The molecule has 6 heteroatoms. The van der Waals surface area contributed by atoms with Gasteiger partial charge < -0.3 is 19.5 Å². The zero-order valence-electron chi connectivity index (χ0n) is 35.6. The van der Waals surface area contributed by atoms with Gasteiger partial charge in [-0.05, 0) is 70.9 Å². The Labute approximate surface area is 324 Å². The van der Waals surface area contributed by atoms with E-state index in [4.69, 9.17) is 9.47 Å². The number of unbranched alkanes of at least 4 members (excludes halogenated alkanes) is 21. The van der Waals surface area contributed by atoms with E-state index in [-0.39, 0.29) is 30.4 Å². The Morgan fingerprint density at radius 2 is 0.692 bits per heavy atom. The minimum atomic E-state index is 0.0471. The van der Waals surface area contributed by atoms with Crippen LogP contribution in [0.2, 0.25) is 0 Å². The first-order chi connectivity index (χ1) is 25.5. The number of esters is 2. The molecule has 0 saturated heterocycles. The zero-order valence-corrected chi connectivity index (χ0v) is 35.6. The van der Waals surface area contributed by atoms with Crippen LogP contribution in [0.15, 0.2) is 0 Å². The Bertz CT molecular complexity index is 746. The lowest BCUT2D eigenvalue weighted by atomic mass is 9.94. The average molecular weight is 738 g/mol. The highest BCUT2D eigenvalue weighted by molar-refractivity contribution is 5.72. The smallest absolute Gasteiger partial charge is 0.308 e. The van der Waals surface area contributed by atoms with Gasteiger partial charge in [0.15, 0.2) is 0 Å². The Balaban J connectivity index is 4.27. The van der Waals surface area contributed by atoms with E-state index in [0.717, 1.165) is 129 Å². The third kappa shape index (κ3) is 33.4. The Kier molecular flexibility index (Phi) is 40.1. The first-order valence-electron chi connectivity index (χ1n) is 23.2. The molecular formula is C46H91NO5. The lowest BCUT2D eigenvalue weighted by Gasteiger charge is -2.22. The molecule has 0 rings (SSSR count). The molecule has 2 unspecified atom stereocenters. The largest absolute Gasteiger partial charge is 0.465 e. The van der Waals surface area contributed by atoms with E-state index in [9.17, 15) is 14.7 Å². The monoisotopic (exact) mass is 738 g/mol. The summed E-state index contributed by atoms with van der Waals surface area (Å²) in [5.41, 5.74) is 0. The number of carbonyl (C=O) groups excluding carboxylic acids is 2. The molecular weight excluding hydrogens is 647 g/mol. The van der Waals surface area contributed by atoms with Crippen LogP contribution >= 0.6 is 0 Å². The number of aliphatic hydroxyl groups excluding tert-OH is 1. The second kappa shape index (κ2) is 41.0. The van der Waals surface area contributed by atoms with Crippen LogP contribution in [0.3, 0.4) is 0 Å². The normalized spacial score (nSPS) is 12.7. The SMILES string of the molecule is CCCCCCCCC(CCCCCC)C(=O)OCCCCCCN(CCCO)CCCCCCOC(=O)C(CCCCCC)CCCCCCC. The first kappa shape index (κ1) is 50.9.